The van der Waals surface area contributed by atoms with E-state index >= 15 is 0 Å². The van der Waals surface area contributed by atoms with Crippen molar-refractivity contribution in [3.05, 3.63) is 71.7 Å². The lowest BCUT2D eigenvalue weighted by Gasteiger charge is -2.17. The van der Waals surface area contributed by atoms with Crippen LogP contribution in [0.5, 0.6) is 0 Å². The Morgan fingerprint density at radius 1 is 1.19 bits per heavy atom. The molecule has 0 bridgehead atoms. The van der Waals surface area contributed by atoms with Crippen LogP contribution in [0.4, 0.5) is 0 Å². The molecule has 26 heavy (non-hydrogen) atoms. The Kier molecular flexibility index (Phi) is 4.20. The van der Waals surface area contributed by atoms with Crippen molar-refractivity contribution >= 4 is 29.0 Å². The molecule has 4 N–H and O–H groups in total. The van der Waals surface area contributed by atoms with E-state index in [4.69, 9.17) is 0 Å². The largest absolute Gasteiger partial charge is 0.394 e. The predicted molar refractivity (Wildman–Crippen MR) is 99.1 cm³/mol. The molecule has 0 aliphatic carbocycles. The van der Waals surface area contributed by atoms with Gasteiger partial charge in [-0.05, 0) is 29.3 Å². The first-order valence-electron chi connectivity index (χ1n) is 8.20. The number of aromatic amines is 1. The van der Waals surface area contributed by atoms with Gasteiger partial charge in [0.25, 0.3) is 5.91 Å². The molecule has 0 spiro atoms. The third-order valence-corrected chi connectivity index (χ3v) is 4.14. The lowest BCUT2D eigenvalue weighted by Crippen LogP contribution is -2.39. The van der Waals surface area contributed by atoms with Crippen LogP contribution in [-0.2, 0) is 4.79 Å². The van der Waals surface area contributed by atoms with Gasteiger partial charge in [-0.25, -0.2) is 9.98 Å². The Hall–Kier alpha value is -3.45. The summed E-state index contributed by atoms with van der Waals surface area (Å²) in [4.78, 5) is 23.7. The van der Waals surface area contributed by atoms with Crippen LogP contribution in [0, 0.1) is 0 Å². The summed E-state index contributed by atoms with van der Waals surface area (Å²) in [6.45, 7) is -0.117. The Morgan fingerprint density at radius 3 is 2.85 bits per heavy atom. The van der Waals surface area contributed by atoms with Gasteiger partial charge in [-0.1, -0.05) is 36.4 Å². The maximum atomic E-state index is 12.2. The smallest absolute Gasteiger partial charge is 0.276 e. The van der Waals surface area contributed by atoms with Crippen molar-refractivity contribution in [1.29, 1.82) is 0 Å². The Balaban J connectivity index is 1.56. The molecule has 2 aromatic carbocycles. The SMILES string of the molecule is O=C1NC(NC(CO)c2ccccc2)=N/C1=C\c1ccc2[nH]cnc2c1. The zero-order valence-electron chi connectivity index (χ0n) is 13.8. The van der Waals surface area contributed by atoms with Crippen LogP contribution in [0.15, 0.2) is 65.5 Å². The van der Waals surface area contributed by atoms with E-state index in [-0.39, 0.29) is 18.6 Å². The standard InChI is InChI=1S/C19H17N5O2/c25-10-17(13-4-2-1-3-5-13)23-19-22-16(18(26)24-19)9-12-6-7-14-15(8-12)21-11-20-14/h1-9,11,17,25H,10H2,(H,20,21)(H2,22,23,24,26)/b16-9-. The number of rotatable bonds is 4. The van der Waals surface area contributed by atoms with Crippen LogP contribution in [0.1, 0.15) is 17.2 Å². The number of H-pyrrole nitrogens is 1. The quantitative estimate of drug-likeness (QED) is 0.540. The molecule has 1 aromatic heterocycles. The predicted octanol–water partition coefficient (Wildman–Crippen LogP) is 1.71. The number of amides is 1. The third-order valence-electron chi connectivity index (χ3n) is 4.14. The second-order valence-corrected chi connectivity index (χ2v) is 5.91. The van der Waals surface area contributed by atoms with E-state index in [0.29, 0.717) is 11.7 Å². The number of hydrogen-bond acceptors (Lipinski definition) is 5. The Labute approximate surface area is 149 Å². The molecule has 0 saturated carbocycles. The molecule has 7 heteroatoms. The number of aromatic nitrogens is 2. The monoisotopic (exact) mass is 347 g/mol. The highest BCUT2D eigenvalue weighted by molar-refractivity contribution is 6.13. The van der Waals surface area contributed by atoms with E-state index in [1.54, 1.807) is 12.4 Å². The molecule has 1 unspecified atom stereocenters. The first-order chi connectivity index (χ1) is 12.7. The van der Waals surface area contributed by atoms with Crippen LogP contribution in [0.2, 0.25) is 0 Å². The lowest BCUT2D eigenvalue weighted by molar-refractivity contribution is -0.115. The number of nitrogens with one attached hydrogen (secondary N) is 3. The van der Waals surface area contributed by atoms with Crippen LogP contribution in [0.25, 0.3) is 17.1 Å². The van der Waals surface area contributed by atoms with E-state index in [1.807, 2.05) is 48.5 Å². The molecular formula is C19H17N5O2. The second kappa shape index (κ2) is 6.81. The molecule has 0 fully saturated rings. The average molecular weight is 347 g/mol. The van der Waals surface area contributed by atoms with Gasteiger partial charge < -0.3 is 15.4 Å². The molecule has 0 radical (unpaired) electrons. The second-order valence-electron chi connectivity index (χ2n) is 5.91. The average Bonchev–Trinajstić information content (AvgIpc) is 3.26. The van der Waals surface area contributed by atoms with Crippen molar-refractivity contribution in [2.45, 2.75) is 6.04 Å². The Morgan fingerprint density at radius 2 is 2.04 bits per heavy atom. The van der Waals surface area contributed by atoms with Crippen LogP contribution in [0.3, 0.4) is 0 Å². The third kappa shape index (κ3) is 3.20. The minimum Gasteiger partial charge on any atom is -0.394 e. The summed E-state index contributed by atoms with van der Waals surface area (Å²) < 4.78 is 0. The number of guanidine groups is 1. The van der Waals surface area contributed by atoms with E-state index in [2.05, 4.69) is 25.6 Å². The van der Waals surface area contributed by atoms with Crippen molar-refractivity contribution < 1.29 is 9.90 Å². The molecule has 3 aromatic rings. The highest BCUT2D eigenvalue weighted by atomic mass is 16.3. The zero-order valence-corrected chi connectivity index (χ0v) is 13.8. The van der Waals surface area contributed by atoms with Gasteiger partial charge in [0.2, 0.25) is 5.96 Å². The molecule has 4 rings (SSSR count). The van der Waals surface area contributed by atoms with Crippen LogP contribution < -0.4 is 10.6 Å². The molecule has 130 valence electrons. The highest BCUT2D eigenvalue weighted by Crippen LogP contribution is 2.17. The van der Waals surface area contributed by atoms with Crippen LogP contribution in [-0.4, -0.2) is 33.5 Å². The molecule has 1 aliphatic rings. The molecule has 0 saturated heterocycles. The van der Waals surface area contributed by atoms with Crippen LogP contribution >= 0.6 is 0 Å². The van der Waals surface area contributed by atoms with Gasteiger partial charge in [-0.2, -0.15) is 0 Å². The zero-order chi connectivity index (χ0) is 17.9. The lowest BCUT2D eigenvalue weighted by atomic mass is 10.1. The number of aliphatic hydroxyl groups is 1. The van der Waals surface area contributed by atoms with Gasteiger partial charge in [0.1, 0.15) is 5.70 Å². The summed E-state index contributed by atoms with van der Waals surface area (Å²) in [6.07, 6.45) is 3.33. The number of aliphatic imine (C=N–C) groups is 1. The summed E-state index contributed by atoms with van der Waals surface area (Å²) in [7, 11) is 0. The maximum Gasteiger partial charge on any atom is 0.276 e. The van der Waals surface area contributed by atoms with E-state index in [0.717, 1.165) is 22.2 Å². The molecule has 7 nitrogen and oxygen atoms in total. The van der Waals surface area contributed by atoms with Crippen molar-refractivity contribution in [3.8, 4) is 0 Å². The Bertz CT molecular complexity index is 1010. The number of aliphatic hydroxyl groups excluding tert-OH is 1. The summed E-state index contributed by atoms with van der Waals surface area (Å²) in [6, 6.07) is 14.8. The van der Waals surface area contributed by atoms with E-state index in [9.17, 15) is 9.90 Å². The van der Waals surface area contributed by atoms with Gasteiger partial charge in [0.15, 0.2) is 0 Å². The number of imidazole rings is 1. The maximum absolute atomic E-state index is 12.2. The minimum absolute atomic E-state index is 0.117. The summed E-state index contributed by atoms with van der Waals surface area (Å²) in [5.41, 5.74) is 3.80. The number of benzene rings is 2. The number of carbonyl (C=O) groups excluding carboxylic acids is 1. The highest BCUT2D eigenvalue weighted by Gasteiger charge is 2.22. The van der Waals surface area contributed by atoms with Gasteiger partial charge in [0, 0.05) is 0 Å². The summed E-state index contributed by atoms with van der Waals surface area (Å²) in [5, 5.41) is 15.4. The summed E-state index contributed by atoms with van der Waals surface area (Å²) in [5.74, 6) is 0.0318. The number of carbonyl (C=O) groups is 1. The van der Waals surface area contributed by atoms with Crippen molar-refractivity contribution in [2.24, 2.45) is 4.99 Å². The van der Waals surface area contributed by atoms with Gasteiger partial charge in [-0.3, -0.25) is 10.1 Å². The first kappa shape index (κ1) is 16.0. The van der Waals surface area contributed by atoms with E-state index < -0.39 is 0 Å². The molecular weight excluding hydrogens is 330 g/mol. The fourth-order valence-electron chi connectivity index (χ4n) is 2.82. The van der Waals surface area contributed by atoms with Crippen molar-refractivity contribution in [3.63, 3.8) is 0 Å². The summed E-state index contributed by atoms with van der Waals surface area (Å²) >= 11 is 0. The van der Waals surface area contributed by atoms with Crippen molar-refractivity contribution in [1.82, 2.24) is 20.6 Å². The molecule has 1 atom stereocenters. The first-order valence-corrected chi connectivity index (χ1v) is 8.20. The normalized spacial score (nSPS) is 16.6. The fraction of sp³-hybridized carbons (Fsp3) is 0.105. The van der Waals surface area contributed by atoms with Crippen molar-refractivity contribution in [2.75, 3.05) is 6.61 Å². The number of hydrogen-bond donors (Lipinski definition) is 4. The fourth-order valence-corrected chi connectivity index (χ4v) is 2.82. The van der Waals surface area contributed by atoms with Gasteiger partial charge in [0.05, 0.1) is 30.0 Å². The molecule has 1 aliphatic heterocycles. The number of nitrogens with zero attached hydrogens (tertiary/aromatic N) is 2. The van der Waals surface area contributed by atoms with E-state index in [1.165, 1.54) is 0 Å². The topological polar surface area (TPSA) is 102 Å². The minimum atomic E-state index is -0.352. The van der Waals surface area contributed by atoms with Gasteiger partial charge in [-0.15, -0.1) is 0 Å². The molecule has 2 heterocycles. The number of fused-ring (bicyclic) bond motifs is 1. The van der Waals surface area contributed by atoms with Gasteiger partial charge >= 0.3 is 0 Å². The molecule has 1 amide bonds.